The van der Waals surface area contributed by atoms with Crippen molar-refractivity contribution < 1.29 is 13.6 Å². The SMILES string of the molecule is CO/N=C1\CCNC[C@@]12CCN(C(c1ccc(F)cc1)c1ccc(F)cc1)C2. The summed E-state index contributed by atoms with van der Waals surface area (Å²) in [5.74, 6) is -0.518. The van der Waals surface area contributed by atoms with Gasteiger partial charge in [0.2, 0.25) is 0 Å². The van der Waals surface area contributed by atoms with Gasteiger partial charge in [-0.3, -0.25) is 4.90 Å². The van der Waals surface area contributed by atoms with Gasteiger partial charge in [-0.15, -0.1) is 0 Å². The molecule has 2 saturated heterocycles. The van der Waals surface area contributed by atoms with Crippen LogP contribution >= 0.6 is 0 Å². The van der Waals surface area contributed by atoms with E-state index in [1.807, 2.05) is 24.3 Å². The third kappa shape index (κ3) is 3.66. The third-order valence-electron chi connectivity index (χ3n) is 5.94. The van der Waals surface area contributed by atoms with Crippen LogP contribution in [0.2, 0.25) is 0 Å². The lowest BCUT2D eigenvalue weighted by Gasteiger charge is -2.36. The number of hydrogen-bond donors (Lipinski definition) is 1. The fourth-order valence-electron chi connectivity index (χ4n) is 4.56. The first-order chi connectivity index (χ1) is 13.6. The van der Waals surface area contributed by atoms with Crippen molar-refractivity contribution in [1.29, 1.82) is 0 Å². The zero-order valence-corrected chi connectivity index (χ0v) is 16.0. The zero-order chi connectivity index (χ0) is 19.6. The molecule has 0 radical (unpaired) electrons. The molecule has 0 amide bonds. The van der Waals surface area contributed by atoms with E-state index >= 15 is 0 Å². The lowest BCUT2D eigenvalue weighted by Crippen LogP contribution is -2.49. The number of nitrogens with zero attached hydrogens (tertiary/aromatic N) is 2. The van der Waals surface area contributed by atoms with Crippen molar-refractivity contribution in [3.8, 4) is 0 Å². The van der Waals surface area contributed by atoms with Gasteiger partial charge < -0.3 is 10.2 Å². The lowest BCUT2D eigenvalue weighted by molar-refractivity contribution is 0.198. The molecule has 0 saturated carbocycles. The molecule has 6 heteroatoms. The molecule has 2 heterocycles. The number of likely N-dealkylation sites (tertiary alicyclic amines) is 1. The fourth-order valence-corrected chi connectivity index (χ4v) is 4.56. The average molecular weight is 385 g/mol. The molecule has 2 fully saturated rings. The molecule has 4 rings (SSSR count). The quantitative estimate of drug-likeness (QED) is 0.815. The van der Waals surface area contributed by atoms with Gasteiger partial charge in [0.1, 0.15) is 18.7 Å². The molecule has 0 unspecified atom stereocenters. The minimum Gasteiger partial charge on any atom is -0.399 e. The molecule has 1 spiro atoms. The second-order valence-corrected chi connectivity index (χ2v) is 7.65. The maximum atomic E-state index is 13.5. The molecule has 28 heavy (non-hydrogen) atoms. The van der Waals surface area contributed by atoms with E-state index in [4.69, 9.17) is 4.84 Å². The highest BCUT2D eigenvalue weighted by atomic mass is 19.1. The summed E-state index contributed by atoms with van der Waals surface area (Å²) in [6, 6.07) is 13.1. The van der Waals surface area contributed by atoms with Crippen LogP contribution in [0, 0.1) is 17.0 Å². The number of oxime groups is 1. The largest absolute Gasteiger partial charge is 0.399 e. The molecular formula is C22H25F2N3O. The summed E-state index contributed by atoms with van der Waals surface area (Å²) in [6.45, 7) is 3.47. The van der Waals surface area contributed by atoms with E-state index in [2.05, 4.69) is 15.4 Å². The van der Waals surface area contributed by atoms with Gasteiger partial charge >= 0.3 is 0 Å². The number of nitrogens with one attached hydrogen (secondary N) is 1. The Balaban J connectivity index is 1.68. The van der Waals surface area contributed by atoms with Gasteiger partial charge in [0.25, 0.3) is 0 Å². The summed E-state index contributed by atoms with van der Waals surface area (Å²) in [4.78, 5) is 7.51. The Labute approximate surface area is 164 Å². The summed E-state index contributed by atoms with van der Waals surface area (Å²) < 4.78 is 27.0. The van der Waals surface area contributed by atoms with Crippen LogP contribution in [0.1, 0.15) is 30.0 Å². The van der Waals surface area contributed by atoms with Crippen molar-refractivity contribution in [3.63, 3.8) is 0 Å². The zero-order valence-electron chi connectivity index (χ0n) is 16.0. The van der Waals surface area contributed by atoms with Gasteiger partial charge in [-0.2, -0.15) is 0 Å². The molecule has 0 aliphatic carbocycles. The van der Waals surface area contributed by atoms with Crippen molar-refractivity contribution in [1.82, 2.24) is 10.2 Å². The summed E-state index contributed by atoms with van der Waals surface area (Å²) in [7, 11) is 1.59. The molecule has 4 nitrogen and oxygen atoms in total. The number of benzene rings is 2. The first-order valence-corrected chi connectivity index (χ1v) is 9.67. The molecule has 1 atom stereocenters. The smallest absolute Gasteiger partial charge is 0.123 e. The second-order valence-electron chi connectivity index (χ2n) is 7.65. The van der Waals surface area contributed by atoms with Gasteiger partial charge in [0.05, 0.1) is 11.8 Å². The molecular weight excluding hydrogens is 360 g/mol. The maximum Gasteiger partial charge on any atom is 0.123 e. The fraction of sp³-hybridized carbons (Fsp3) is 0.409. The number of rotatable bonds is 4. The van der Waals surface area contributed by atoms with Crippen LogP contribution in [-0.2, 0) is 4.84 Å². The standard InChI is InChI=1S/C22H25F2N3O/c1-28-26-20-10-12-25-14-22(20)11-13-27(15-22)21(16-2-6-18(23)7-3-16)17-4-8-19(24)9-5-17/h2-9,21,25H,10-15H2,1H3/b26-20+/t22-/m1/s1. The Kier molecular flexibility index (Phi) is 5.42. The summed E-state index contributed by atoms with van der Waals surface area (Å²) >= 11 is 0. The van der Waals surface area contributed by atoms with E-state index in [0.717, 1.165) is 55.9 Å². The number of hydrogen-bond acceptors (Lipinski definition) is 4. The van der Waals surface area contributed by atoms with Gasteiger partial charge in [0, 0.05) is 38.0 Å². The van der Waals surface area contributed by atoms with Gasteiger partial charge in [-0.05, 0) is 41.8 Å². The molecule has 2 aliphatic heterocycles. The first-order valence-electron chi connectivity index (χ1n) is 9.67. The van der Waals surface area contributed by atoms with Crippen molar-refractivity contribution in [3.05, 3.63) is 71.3 Å². The second kappa shape index (κ2) is 7.97. The van der Waals surface area contributed by atoms with E-state index in [-0.39, 0.29) is 23.1 Å². The average Bonchev–Trinajstić information content (AvgIpc) is 3.11. The van der Waals surface area contributed by atoms with E-state index < -0.39 is 0 Å². The predicted octanol–water partition coefficient (Wildman–Crippen LogP) is 3.74. The number of halogens is 2. The topological polar surface area (TPSA) is 36.9 Å². The predicted molar refractivity (Wildman–Crippen MR) is 105 cm³/mol. The summed E-state index contributed by atoms with van der Waals surface area (Å²) in [6.07, 6.45) is 1.85. The van der Waals surface area contributed by atoms with Gasteiger partial charge in [0.15, 0.2) is 0 Å². The Morgan fingerprint density at radius 1 is 1.04 bits per heavy atom. The first kappa shape index (κ1) is 19.0. The van der Waals surface area contributed by atoms with E-state index in [1.54, 1.807) is 7.11 Å². The van der Waals surface area contributed by atoms with Gasteiger partial charge in [-0.25, -0.2) is 8.78 Å². The highest BCUT2D eigenvalue weighted by molar-refractivity contribution is 5.91. The van der Waals surface area contributed by atoms with Crippen LogP contribution < -0.4 is 5.32 Å². The van der Waals surface area contributed by atoms with E-state index in [1.165, 1.54) is 24.3 Å². The van der Waals surface area contributed by atoms with E-state index in [9.17, 15) is 8.78 Å². The molecule has 2 aromatic rings. The van der Waals surface area contributed by atoms with Crippen LogP contribution in [0.4, 0.5) is 8.78 Å². The highest BCUT2D eigenvalue weighted by Gasteiger charge is 2.46. The van der Waals surface area contributed by atoms with Crippen LogP contribution in [-0.4, -0.2) is 43.9 Å². The minimum absolute atomic E-state index is 0.0629. The Morgan fingerprint density at radius 3 is 2.21 bits per heavy atom. The Bertz CT molecular complexity index is 792. The molecule has 2 aliphatic rings. The van der Waals surface area contributed by atoms with Gasteiger partial charge in [-0.1, -0.05) is 29.4 Å². The van der Waals surface area contributed by atoms with Crippen LogP contribution in [0.3, 0.4) is 0 Å². The molecule has 1 N–H and O–H groups in total. The molecule has 148 valence electrons. The van der Waals surface area contributed by atoms with Crippen LogP contribution in [0.25, 0.3) is 0 Å². The summed E-state index contributed by atoms with van der Waals surface area (Å²) in [5, 5.41) is 7.83. The number of piperidine rings is 1. The molecule has 2 aromatic carbocycles. The van der Waals surface area contributed by atoms with E-state index in [0.29, 0.717) is 0 Å². The molecule has 0 aromatic heterocycles. The minimum atomic E-state index is -0.259. The van der Waals surface area contributed by atoms with Crippen molar-refractivity contribution in [2.24, 2.45) is 10.6 Å². The van der Waals surface area contributed by atoms with Crippen molar-refractivity contribution in [2.75, 3.05) is 33.3 Å². The van der Waals surface area contributed by atoms with Crippen LogP contribution in [0.5, 0.6) is 0 Å². The summed E-state index contributed by atoms with van der Waals surface area (Å²) in [5.41, 5.74) is 3.04. The van der Waals surface area contributed by atoms with Crippen molar-refractivity contribution in [2.45, 2.75) is 18.9 Å². The van der Waals surface area contributed by atoms with Crippen LogP contribution in [0.15, 0.2) is 53.7 Å². The third-order valence-corrected chi connectivity index (χ3v) is 5.94. The normalized spacial score (nSPS) is 24.4. The Hall–Kier alpha value is -2.31. The monoisotopic (exact) mass is 385 g/mol. The lowest BCUT2D eigenvalue weighted by atomic mass is 9.78. The Morgan fingerprint density at radius 2 is 1.64 bits per heavy atom. The maximum absolute atomic E-state index is 13.5. The molecule has 0 bridgehead atoms. The van der Waals surface area contributed by atoms with Crippen molar-refractivity contribution >= 4 is 5.71 Å². The highest BCUT2D eigenvalue weighted by Crippen LogP contribution is 2.41.